The number of aryl methyl sites for hydroxylation is 1. The Balaban J connectivity index is 1.53. The number of rotatable bonds is 9. The summed E-state index contributed by atoms with van der Waals surface area (Å²) in [6.07, 6.45) is 5.15. The van der Waals surface area contributed by atoms with Crippen molar-refractivity contribution in [2.75, 3.05) is 25.1 Å². The molecule has 3 aromatic rings. The molecule has 3 heterocycles. The number of hydrogen-bond donors (Lipinski definition) is 2. The van der Waals surface area contributed by atoms with Crippen LogP contribution in [-0.2, 0) is 9.84 Å². The molecule has 170 valence electrons. The first-order chi connectivity index (χ1) is 15.5. The summed E-state index contributed by atoms with van der Waals surface area (Å²) in [6, 6.07) is 6.74. The summed E-state index contributed by atoms with van der Waals surface area (Å²) in [5.74, 6) is 2.02. The number of thiazole rings is 1. The molecule has 0 spiro atoms. The molecule has 4 rings (SSSR count). The van der Waals surface area contributed by atoms with E-state index in [1.54, 1.807) is 31.3 Å². The summed E-state index contributed by atoms with van der Waals surface area (Å²) < 4.78 is 37.6. The van der Waals surface area contributed by atoms with Crippen LogP contribution >= 0.6 is 11.3 Å². The molecule has 32 heavy (non-hydrogen) atoms. The van der Waals surface area contributed by atoms with Crippen molar-refractivity contribution >= 4 is 32.1 Å². The highest BCUT2D eigenvalue weighted by atomic mass is 32.2. The van der Waals surface area contributed by atoms with Gasteiger partial charge in [-0.2, -0.15) is 0 Å². The minimum Gasteiger partial charge on any atom is -0.494 e. The maximum absolute atomic E-state index is 13.1. The van der Waals surface area contributed by atoms with Gasteiger partial charge in [-0.25, -0.2) is 23.4 Å². The molecule has 0 aliphatic carbocycles. The molecular weight excluding hydrogens is 450 g/mol. The number of nitrogens with zero attached hydrogens (tertiary/aromatic N) is 3. The zero-order chi connectivity index (χ0) is 22.6. The average Bonchev–Trinajstić information content (AvgIpc) is 3.46. The van der Waals surface area contributed by atoms with Gasteiger partial charge in [-0.3, -0.25) is 0 Å². The molecule has 0 radical (unpaired) electrons. The molecule has 1 saturated heterocycles. The van der Waals surface area contributed by atoms with E-state index in [2.05, 4.69) is 25.6 Å². The third-order valence-corrected chi connectivity index (χ3v) is 8.00. The molecule has 0 saturated carbocycles. The first-order valence-corrected chi connectivity index (χ1v) is 12.7. The summed E-state index contributed by atoms with van der Waals surface area (Å²) >= 11 is 1.03. The summed E-state index contributed by atoms with van der Waals surface area (Å²) in [6.45, 7) is 5.58. The second-order valence-corrected chi connectivity index (χ2v) is 10.5. The van der Waals surface area contributed by atoms with E-state index < -0.39 is 9.84 Å². The largest absolute Gasteiger partial charge is 0.494 e. The Bertz CT molecular complexity index is 1180. The maximum Gasteiger partial charge on any atom is 0.217 e. The molecular formula is C21H25N5O4S2. The molecule has 1 aliphatic rings. The predicted octanol–water partition coefficient (Wildman–Crippen LogP) is 3.35. The van der Waals surface area contributed by atoms with E-state index in [-0.39, 0.29) is 9.10 Å². The van der Waals surface area contributed by atoms with E-state index in [1.165, 1.54) is 12.3 Å². The smallest absolute Gasteiger partial charge is 0.217 e. The quantitative estimate of drug-likeness (QED) is 0.481. The lowest BCUT2D eigenvalue weighted by atomic mass is 10.2. The van der Waals surface area contributed by atoms with Crippen molar-refractivity contribution in [2.45, 2.75) is 41.8 Å². The van der Waals surface area contributed by atoms with Crippen molar-refractivity contribution in [1.29, 1.82) is 0 Å². The highest BCUT2D eigenvalue weighted by molar-refractivity contribution is 7.93. The van der Waals surface area contributed by atoms with Gasteiger partial charge in [0.25, 0.3) is 0 Å². The van der Waals surface area contributed by atoms with E-state index in [4.69, 9.17) is 9.47 Å². The molecule has 2 N–H and O–H groups in total. The van der Waals surface area contributed by atoms with Crippen molar-refractivity contribution in [1.82, 2.24) is 20.3 Å². The minimum absolute atomic E-state index is 0.122. The maximum atomic E-state index is 13.1. The van der Waals surface area contributed by atoms with E-state index >= 15 is 0 Å². The molecule has 1 aliphatic heterocycles. The summed E-state index contributed by atoms with van der Waals surface area (Å²) in [7, 11) is -3.73. The van der Waals surface area contributed by atoms with Gasteiger partial charge in [0.15, 0.2) is 16.7 Å². The molecule has 0 amide bonds. The minimum atomic E-state index is -3.73. The number of hydrogen-bond acceptors (Lipinski definition) is 10. The summed E-state index contributed by atoms with van der Waals surface area (Å²) in [4.78, 5) is 13.0. The molecule has 1 fully saturated rings. The number of ether oxygens (including phenoxy) is 2. The van der Waals surface area contributed by atoms with Crippen LogP contribution in [0.3, 0.4) is 0 Å². The lowest BCUT2D eigenvalue weighted by Gasteiger charge is -2.14. The van der Waals surface area contributed by atoms with Gasteiger partial charge in [0.2, 0.25) is 9.84 Å². The molecule has 0 bridgehead atoms. The molecule has 9 nitrogen and oxygen atoms in total. The Morgan fingerprint density at radius 3 is 2.91 bits per heavy atom. The fraction of sp³-hybridized carbons (Fsp3) is 0.381. The number of anilines is 2. The van der Waals surface area contributed by atoms with Crippen LogP contribution in [0.25, 0.3) is 0 Å². The van der Waals surface area contributed by atoms with Crippen molar-refractivity contribution in [3.8, 4) is 11.5 Å². The van der Waals surface area contributed by atoms with Gasteiger partial charge in [0.1, 0.15) is 22.4 Å². The second kappa shape index (κ2) is 9.80. The predicted molar refractivity (Wildman–Crippen MR) is 122 cm³/mol. The van der Waals surface area contributed by atoms with Crippen LogP contribution in [0.5, 0.6) is 11.5 Å². The summed E-state index contributed by atoms with van der Waals surface area (Å²) in [5, 5.41) is 6.86. The van der Waals surface area contributed by atoms with Crippen LogP contribution in [0.4, 0.5) is 10.9 Å². The third kappa shape index (κ3) is 5.17. The zero-order valence-electron chi connectivity index (χ0n) is 17.9. The Hall–Kier alpha value is -2.76. The van der Waals surface area contributed by atoms with Gasteiger partial charge in [0.05, 0.1) is 23.9 Å². The fourth-order valence-electron chi connectivity index (χ4n) is 3.30. The molecule has 11 heteroatoms. The summed E-state index contributed by atoms with van der Waals surface area (Å²) in [5.41, 5.74) is 0. The lowest BCUT2D eigenvalue weighted by Crippen LogP contribution is -2.28. The van der Waals surface area contributed by atoms with Gasteiger partial charge in [-0.1, -0.05) is 17.4 Å². The van der Waals surface area contributed by atoms with Crippen LogP contribution < -0.4 is 20.1 Å². The van der Waals surface area contributed by atoms with Crippen LogP contribution in [0.1, 0.15) is 25.6 Å². The monoisotopic (exact) mass is 475 g/mol. The van der Waals surface area contributed by atoms with Gasteiger partial charge >= 0.3 is 0 Å². The first kappa shape index (κ1) is 22.4. The Morgan fingerprint density at radius 1 is 1.25 bits per heavy atom. The standard InChI is InChI=1S/C21H25N5O4S2/c1-3-29-16-7-4-8-17(10-16)32(27,28)19-12-24-21(31-19)26-20-18(11-23-14(2)25-20)30-13-15-6-5-9-22-15/h4,7-8,10-12,15,22H,3,5-6,9,13H2,1-2H3,(H,23,24,25,26). The molecule has 1 aromatic carbocycles. The zero-order valence-corrected chi connectivity index (χ0v) is 19.5. The lowest BCUT2D eigenvalue weighted by molar-refractivity contribution is 0.276. The topological polar surface area (TPSA) is 115 Å². The van der Waals surface area contributed by atoms with Crippen LogP contribution in [0, 0.1) is 6.92 Å². The van der Waals surface area contributed by atoms with Crippen molar-refractivity contribution in [3.63, 3.8) is 0 Å². The number of sulfone groups is 1. The van der Waals surface area contributed by atoms with Crippen molar-refractivity contribution in [3.05, 3.63) is 42.5 Å². The van der Waals surface area contributed by atoms with Gasteiger partial charge in [-0.05, 0) is 51.4 Å². The number of aromatic nitrogens is 3. The average molecular weight is 476 g/mol. The van der Waals surface area contributed by atoms with Crippen molar-refractivity contribution < 1.29 is 17.9 Å². The van der Waals surface area contributed by atoms with Crippen LogP contribution in [-0.4, -0.2) is 49.2 Å². The van der Waals surface area contributed by atoms with Crippen LogP contribution in [0.2, 0.25) is 0 Å². The van der Waals surface area contributed by atoms with E-state index in [0.717, 1.165) is 30.7 Å². The highest BCUT2D eigenvalue weighted by Crippen LogP contribution is 2.33. The van der Waals surface area contributed by atoms with Gasteiger partial charge in [-0.15, -0.1) is 0 Å². The number of benzene rings is 1. The Labute approximate surface area is 191 Å². The second-order valence-electron chi connectivity index (χ2n) is 7.26. The number of nitrogens with one attached hydrogen (secondary N) is 2. The van der Waals surface area contributed by atoms with Gasteiger partial charge < -0.3 is 20.1 Å². The Kier molecular flexibility index (Phi) is 6.87. The van der Waals surface area contributed by atoms with E-state index in [1.807, 2.05) is 6.92 Å². The normalized spacial score (nSPS) is 16.1. The molecule has 1 unspecified atom stereocenters. The highest BCUT2D eigenvalue weighted by Gasteiger charge is 2.22. The van der Waals surface area contributed by atoms with Crippen molar-refractivity contribution in [2.24, 2.45) is 0 Å². The van der Waals surface area contributed by atoms with E-state index in [0.29, 0.717) is 47.5 Å². The Morgan fingerprint density at radius 2 is 2.12 bits per heavy atom. The third-order valence-electron chi connectivity index (χ3n) is 4.88. The van der Waals surface area contributed by atoms with Gasteiger partial charge in [0, 0.05) is 6.04 Å². The van der Waals surface area contributed by atoms with E-state index in [9.17, 15) is 8.42 Å². The SMILES string of the molecule is CCOc1cccc(S(=O)(=O)c2cnc(Nc3nc(C)ncc3OCC3CCCN3)s2)c1. The first-order valence-electron chi connectivity index (χ1n) is 10.4. The van der Waals surface area contributed by atoms with Crippen LogP contribution in [0.15, 0.2) is 45.8 Å². The molecule has 1 atom stereocenters. The fourth-order valence-corrected chi connectivity index (χ4v) is 5.77. The molecule has 2 aromatic heterocycles.